The minimum absolute atomic E-state index is 0.0445. The summed E-state index contributed by atoms with van der Waals surface area (Å²) in [6, 6.07) is 12.6. The van der Waals surface area contributed by atoms with Crippen molar-refractivity contribution < 1.29 is 14.7 Å². The van der Waals surface area contributed by atoms with Crippen molar-refractivity contribution in [3.05, 3.63) is 58.1 Å². The molecule has 0 saturated carbocycles. The van der Waals surface area contributed by atoms with Crippen molar-refractivity contribution in [2.75, 3.05) is 6.54 Å². The standard InChI is InChI=1S/C20H19BrN4O3/c1-3-25-16-9-8-12(2)10-14(16)18(20(25)28)24-23-17(26)11-22-19(27)13-6-4-5-7-15(13)21/h4-10,28H,3,11H2,1-2H3,(H,22,27). The molecule has 0 aliphatic carbocycles. The molecule has 0 spiro atoms. The molecule has 2 N–H and O–H groups in total. The molecule has 0 fully saturated rings. The number of nitrogens with zero attached hydrogens (tertiary/aromatic N) is 3. The first-order chi connectivity index (χ1) is 13.4. The van der Waals surface area contributed by atoms with Crippen molar-refractivity contribution in [1.29, 1.82) is 0 Å². The number of hydrogen-bond acceptors (Lipinski definition) is 4. The molecule has 2 aromatic carbocycles. The van der Waals surface area contributed by atoms with Crippen LogP contribution in [0.2, 0.25) is 0 Å². The third-order valence-electron chi connectivity index (χ3n) is 4.26. The van der Waals surface area contributed by atoms with E-state index < -0.39 is 11.8 Å². The molecular formula is C20H19BrN4O3. The molecule has 3 rings (SSSR count). The summed E-state index contributed by atoms with van der Waals surface area (Å²) in [5, 5.41) is 21.3. The number of azo groups is 1. The molecule has 0 radical (unpaired) electrons. The molecule has 0 bridgehead atoms. The summed E-state index contributed by atoms with van der Waals surface area (Å²) in [4.78, 5) is 24.2. The highest BCUT2D eigenvalue weighted by Gasteiger charge is 2.16. The molecule has 3 aromatic rings. The van der Waals surface area contributed by atoms with Crippen molar-refractivity contribution >= 4 is 44.3 Å². The number of rotatable bonds is 5. The maximum atomic E-state index is 12.1. The number of aryl methyl sites for hydroxylation is 2. The van der Waals surface area contributed by atoms with Crippen LogP contribution >= 0.6 is 15.9 Å². The van der Waals surface area contributed by atoms with E-state index in [0.29, 0.717) is 22.0 Å². The zero-order valence-electron chi connectivity index (χ0n) is 15.4. The van der Waals surface area contributed by atoms with Gasteiger partial charge in [-0.3, -0.25) is 9.59 Å². The van der Waals surface area contributed by atoms with Crippen LogP contribution in [0.4, 0.5) is 5.69 Å². The summed E-state index contributed by atoms with van der Waals surface area (Å²) in [6.07, 6.45) is 0. The van der Waals surface area contributed by atoms with Gasteiger partial charge in [-0.05, 0) is 54.0 Å². The summed E-state index contributed by atoms with van der Waals surface area (Å²) in [7, 11) is 0. The van der Waals surface area contributed by atoms with E-state index in [9.17, 15) is 14.7 Å². The Bertz CT molecular complexity index is 1090. The monoisotopic (exact) mass is 442 g/mol. The number of carbonyl (C=O) groups excluding carboxylic acids is 2. The van der Waals surface area contributed by atoms with Gasteiger partial charge >= 0.3 is 0 Å². The zero-order valence-corrected chi connectivity index (χ0v) is 17.0. The number of hydrogen-bond donors (Lipinski definition) is 2. The molecule has 0 unspecified atom stereocenters. The molecule has 28 heavy (non-hydrogen) atoms. The van der Waals surface area contributed by atoms with Crippen molar-refractivity contribution in [3.8, 4) is 5.88 Å². The number of benzene rings is 2. The Morgan fingerprint density at radius 1 is 1.21 bits per heavy atom. The average Bonchev–Trinajstić information content (AvgIpc) is 2.94. The highest BCUT2D eigenvalue weighted by Crippen LogP contribution is 2.39. The Morgan fingerprint density at radius 3 is 2.68 bits per heavy atom. The summed E-state index contributed by atoms with van der Waals surface area (Å²) in [6.45, 7) is 4.10. The molecule has 1 heterocycles. The first-order valence-electron chi connectivity index (χ1n) is 8.71. The third kappa shape index (κ3) is 3.96. The Balaban J connectivity index is 1.76. The second-order valence-corrected chi connectivity index (χ2v) is 7.05. The van der Waals surface area contributed by atoms with Gasteiger partial charge in [0.05, 0.1) is 11.1 Å². The van der Waals surface area contributed by atoms with Crippen molar-refractivity contribution in [2.45, 2.75) is 20.4 Å². The van der Waals surface area contributed by atoms with Crippen LogP contribution in [-0.4, -0.2) is 28.0 Å². The van der Waals surface area contributed by atoms with Gasteiger partial charge < -0.3 is 15.0 Å². The predicted octanol–water partition coefficient (Wildman–Crippen LogP) is 4.48. The van der Waals surface area contributed by atoms with Gasteiger partial charge in [-0.1, -0.05) is 23.8 Å². The van der Waals surface area contributed by atoms with Gasteiger partial charge in [0.25, 0.3) is 11.8 Å². The predicted molar refractivity (Wildman–Crippen MR) is 110 cm³/mol. The van der Waals surface area contributed by atoms with Crippen LogP contribution in [0.15, 0.2) is 57.2 Å². The average molecular weight is 443 g/mol. The third-order valence-corrected chi connectivity index (χ3v) is 4.95. The van der Waals surface area contributed by atoms with E-state index in [1.165, 1.54) is 0 Å². The molecule has 0 aliphatic heterocycles. The number of carbonyl (C=O) groups is 2. The Kier molecular flexibility index (Phi) is 5.89. The summed E-state index contributed by atoms with van der Waals surface area (Å²) in [5.74, 6) is -1.06. The van der Waals surface area contributed by atoms with Gasteiger partial charge in [-0.2, -0.15) is 0 Å². The number of halogens is 1. The Morgan fingerprint density at radius 2 is 1.96 bits per heavy atom. The quantitative estimate of drug-likeness (QED) is 0.570. The lowest BCUT2D eigenvalue weighted by Crippen LogP contribution is -2.28. The van der Waals surface area contributed by atoms with Crippen LogP contribution in [0.3, 0.4) is 0 Å². The second kappa shape index (κ2) is 8.35. The van der Waals surface area contributed by atoms with Gasteiger partial charge in [0, 0.05) is 16.4 Å². The van der Waals surface area contributed by atoms with Gasteiger partial charge in [-0.25, -0.2) is 0 Å². The molecule has 144 valence electrons. The van der Waals surface area contributed by atoms with E-state index in [2.05, 4.69) is 31.5 Å². The van der Waals surface area contributed by atoms with E-state index in [0.717, 1.165) is 11.1 Å². The molecule has 1 aromatic heterocycles. The van der Waals surface area contributed by atoms with Crippen molar-refractivity contribution in [2.24, 2.45) is 10.2 Å². The number of aromatic hydroxyl groups is 1. The maximum Gasteiger partial charge on any atom is 0.283 e. The van der Waals surface area contributed by atoms with Gasteiger partial charge in [0.15, 0.2) is 5.69 Å². The fourth-order valence-electron chi connectivity index (χ4n) is 2.89. The van der Waals surface area contributed by atoms with Crippen LogP contribution in [0, 0.1) is 6.92 Å². The molecule has 0 atom stereocenters. The van der Waals surface area contributed by atoms with E-state index in [1.807, 2.05) is 32.0 Å². The minimum atomic E-state index is -0.621. The fraction of sp³-hybridized carbons (Fsp3) is 0.200. The molecule has 0 aliphatic rings. The zero-order chi connectivity index (χ0) is 20.3. The second-order valence-electron chi connectivity index (χ2n) is 6.19. The van der Waals surface area contributed by atoms with Crippen molar-refractivity contribution in [1.82, 2.24) is 9.88 Å². The molecule has 2 amide bonds. The first kappa shape index (κ1) is 19.8. The van der Waals surface area contributed by atoms with Crippen LogP contribution in [0.1, 0.15) is 22.8 Å². The first-order valence-corrected chi connectivity index (χ1v) is 9.50. The van der Waals surface area contributed by atoms with Crippen LogP contribution < -0.4 is 5.32 Å². The molecular weight excluding hydrogens is 424 g/mol. The van der Waals surface area contributed by atoms with E-state index in [4.69, 9.17) is 0 Å². The molecule has 7 nitrogen and oxygen atoms in total. The van der Waals surface area contributed by atoms with E-state index >= 15 is 0 Å². The van der Waals surface area contributed by atoms with E-state index in [-0.39, 0.29) is 18.1 Å². The lowest BCUT2D eigenvalue weighted by atomic mass is 10.1. The summed E-state index contributed by atoms with van der Waals surface area (Å²) < 4.78 is 2.33. The SMILES string of the molecule is CCn1c(O)c(N=NC(=O)CNC(=O)c2ccccc2Br)c2cc(C)ccc21. The van der Waals surface area contributed by atoms with Gasteiger partial charge in [0.2, 0.25) is 5.88 Å². The van der Waals surface area contributed by atoms with Crippen LogP contribution in [0.25, 0.3) is 10.9 Å². The lowest BCUT2D eigenvalue weighted by molar-refractivity contribution is -0.117. The van der Waals surface area contributed by atoms with Crippen molar-refractivity contribution in [3.63, 3.8) is 0 Å². The topological polar surface area (TPSA) is 96.0 Å². The molecule has 8 heteroatoms. The summed E-state index contributed by atoms with van der Waals surface area (Å²) in [5.41, 5.74) is 2.48. The Labute approximate surface area is 170 Å². The Hall–Kier alpha value is -3.00. The van der Waals surface area contributed by atoms with Gasteiger partial charge in [-0.15, -0.1) is 10.2 Å². The smallest absolute Gasteiger partial charge is 0.283 e. The van der Waals surface area contributed by atoms with Crippen LogP contribution in [0.5, 0.6) is 5.88 Å². The van der Waals surface area contributed by atoms with E-state index in [1.54, 1.807) is 28.8 Å². The largest absolute Gasteiger partial charge is 0.493 e. The minimum Gasteiger partial charge on any atom is -0.493 e. The number of fused-ring (bicyclic) bond motifs is 1. The number of nitrogens with one attached hydrogen (secondary N) is 1. The lowest BCUT2D eigenvalue weighted by Gasteiger charge is -2.04. The summed E-state index contributed by atoms with van der Waals surface area (Å²) >= 11 is 3.29. The number of amides is 2. The highest BCUT2D eigenvalue weighted by molar-refractivity contribution is 9.10. The van der Waals surface area contributed by atoms with Crippen LogP contribution in [-0.2, 0) is 11.3 Å². The highest BCUT2D eigenvalue weighted by atomic mass is 79.9. The normalized spacial score (nSPS) is 11.2. The van der Waals surface area contributed by atoms with Gasteiger partial charge in [0.1, 0.15) is 6.54 Å². The molecule has 0 saturated heterocycles. The maximum absolute atomic E-state index is 12.1. The number of aromatic nitrogens is 1. The fourth-order valence-corrected chi connectivity index (χ4v) is 3.36.